The average Bonchev–Trinajstić information content (AvgIpc) is 2.95. The largest absolute Gasteiger partial charge is 0.493 e. The van der Waals surface area contributed by atoms with Crippen LogP contribution in [-0.4, -0.2) is 33.4 Å². The summed E-state index contributed by atoms with van der Waals surface area (Å²) in [4.78, 5) is 37.6. The third-order valence-electron chi connectivity index (χ3n) is 5.16. The smallest absolute Gasteiger partial charge is 0.300 e. The van der Waals surface area contributed by atoms with E-state index in [4.69, 9.17) is 4.74 Å². The molecule has 0 bridgehead atoms. The zero-order valence-corrected chi connectivity index (χ0v) is 20.3. The standard InChI is InChI=1S/C29H25N5O3/c1-2-18-37-26-13-11-25(34-27(35)14-12-24-6-3-4-15-30-24)19-23(26)20-33-29(36)22-9-7-21(8-10-22)28-31-16-5-17-32-28/h3-11,13,15-17,19H,2,18,20H2,1H3,(H,33,36)(H,34,35). The molecule has 0 radical (unpaired) electrons. The number of aromatic nitrogens is 3. The zero-order valence-electron chi connectivity index (χ0n) is 20.3. The van der Waals surface area contributed by atoms with Crippen LogP contribution in [0.3, 0.4) is 0 Å². The molecule has 8 heteroatoms. The van der Waals surface area contributed by atoms with E-state index in [1.807, 2.05) is 19.1 Å². The zero-order chi connectivity index (χ0) is 25.9. The highest BCUT2D eigenvalue weighted by Gasteiger charge is 2.11. The molecule has 0 aliphatic heterocycles. The maximum Gasteiger partial charge on any atom is 0.300 e. The number of benzene rings is 2. The Bertz CT molecular complexity index is 1410. The highest BCUT2D eigenvalue weighted by atomic mass is 16.5. The number of pyridine rings is 1. The molecule has 37 heavy (non-hydrogen) atoms. The van der Waals surface area contributed by atoms with E-state index in [9.17, 15) is 9.59 Å². The van der Waals surface area contributed by atoms with E-state index in [1.165, 1.54) is 0 Å². The van der Waals surface area contributed by atoms with Crippen molar-refractivity contribution in [2.75, 3.05) is 11.9 Å². The van der Waals surface area contributed by atoms with Crippen LogP contribution >= 0.6 is 0 Å². The second-order valence-electron chi connectivity index (χ2n) is 7.92. The molecule has 0 saturated heterocycles. The van der Waals surface area contributed by atoms with Gasteiger partial charge in [-0.15, -0.1) is 0 Å². The van der Waals surface area contributed by atoms with E-state index in [1.54, 1.807) is 73.2 Å². The van der Waals surface area contributed by atoms with Gasteiger partial charge in [-0.2, -0.15) is 0 Å². The minimum Gasteiger partial charge on any atom is -0.493 e. The first-order chi connectivity index (χ1) is 18.1. The summed E-state index contributed by atoms with van der Waals surface area (Å²) in [7, 11) is 0. The van der Waals surface area contributed by atoms with E-state index in [0.717, 1.165) is 17.5 Å². The summed E-state index contributed by atoms with van der Waals surface area (Å²) >= 11 is 0. The Hall–Kier alpha value is -5.03. The Kier molecular flexibility index (Phi) is 8.54. The summed E-state index contributed by atoms with van der Waals surface area (Å²) < 4.78 is 5.84. The van der Waals surface area contributed by atoms with E-state index < -0.39 is 5.91 Å². The molecule has 0 atom stereocenters. The lowest BCUT2D eigenvalue weighted by molar-refractivity contribution is -0.111. The molecule has 2 aromatic carbocycles. The van der Waals surface area contributed by atoms with Crippen LogP contribution in [0.25, 0.3) is 11.4 Å². The first-order valence-corrected chi connectivity index (χ1v) is 11.8. The summed E-state index contributed by atoms with van der Waals surface area (Å²) in [6.07, 6.45) is 5.80. The number of amides is 2. The monoisotopic (exact) mass is 491 g/mol. The summed E-state index contributed by atoms with van der Waals surface area (Å²) in [5, 5.41) is 5.68. The van der Waals surface area contributed by atoms with Crippen LogP contribution in [0.1, 0.15) is 35.0 Å². The van der Waals surface area contributed by atoms with Crippen LogP contribution in [0.15, 0.2) is 85.3 Å². The first-order valence-electron chi connectivity index (χ1n) is 11.8. The van der Waals surface area contributed by atoms with Crippen LogP contribution in [0.2, 0.25) is 0 Å². The number of anilines is 1. The van der Waals surface area contributed by atoms with Gasteiger partial charge in [-0.3, -0.25) is 9.59 Å². The van der Waals surface area contributed by atoms with Crippen molar-refractivity contribution < 1.29 is 14.3 Å². The summed E-state index contributed by atoms with van der Waals surface area (Å²) in [6, 6.07) is 19.4. The predicted octanol–water partition coefficient (Wildman–Crippen LogP) is 4.25. The van der Waals surface area contributed by atoms with Gasteiger partial charge in [0.25, 0.3) is 5.91 Å². The molecule has 4 rings (SSSR count). The van der Waals surface area contributed by atoms with Crippen LogP contribution in [0, 0.1) is 11.8 Å². The van der Waals surface area contributed by atoms with Crippen molar-refractivity contribution in [2.45, 2.75) is 19.9 Å². The van der Waals surface area contributed by atoms with Gasteiger partial charge < -0.3 is 15.4 Å². The maximum absolute atomic E-state index is 12.8. The number of carbonyl (C=O) groups is 2. The molecule has 4 aromatic rings. The van der Waals surface area contributed by atoms with Crippen LogP contribution in [-0.2, 0) is 11.3 Å². The SMILES string of the molecule is CCCOc1ccc(NC(=O)C#Cc2ccccn2)cc1CNC(=O)c1ccc(-c2ncccn2)cc1. The van der Waals surface area contributed by atoms with Crippen molar-refractivity contribution in [1.29, 1.82) is 0 Å². The molecular weight excluding hydrogens is 466 g/mol. The van der Waals surface area contributed by atoms with E-state index in [0.29, 0.717) is 35.1 Å². The molecule has 0 unspecified atom stereocenters. The predicted molar refractivity (Wildman–Crippen MR) is 141 cm³/mol. The molecular formula is C29H25N5O3. The van der Waals surface area contributed by atoms with Crippen molar-refractivity contribution in [1.82, 2.24) is 20.3 Å². The summed E-state index contributed by atoms with van der Waals surface area (Å²) in [5.74, 6) is 5.78. The molecule has 2 N–H and O–H groups in total. The van der Waals surface area contributed by atoms with Gasteiger partial charge in [0.2, 0.25) is 0 Å². The lowest BCUT2D eigenvalue weighted by Gasteiger charge is -2.14. The Balaban J connectivity index is 1.43. The van der Waals surface area contributed by atoms with Gasteiger partial charge in [0.15, 0.2) is 5.82 Å². The molecule has 0 saturated carbocycles. The van der Waals surface area contributed by atoms with E-state index >= 15 is 0 Å². The number of carbonyl (C=O) groups excluding carboxylic acids is 2. The average molecular weight is 492 g/mol. The van der Waals surface area contributed by atoms with Crippen molar-refractivity contribution in [3.05, 3.63) is 102 Å². The van der Waals surface area contributed by atoms with Gasteiger partial charge in [-0.1, -0.05) is 25.1 Å². The van der Waals surface area contributed by atoms with Gasteiger partial charge >= 0.3 is 5.91 Å². The third kappa shape index (κ3) is 7.23. The van der Waals surface area contributed by atoms with Crippen molar-refractivity contribution >= 4 is 17.5 Å². The maximum atomic E-state index is 12.8. The molecule has 0 fully saturated rings. The first kappa shape index (κ1) is 25.1. The van der Waals surface area contributed by atoms with Gasteiger partial charge in [0.05, 0.1) is 6.61 Å². The Morgan fingerprint density at radius 2 is 1.70 bits per heavy atom. The number of nitrogens with zero attached hydrogens (tertiary/aromatic N) is 3. The second-order valence-corrected chi connectivity index (χ2v) is 7.92. The number of hydrogen-bond donors (Lipinski definition) is 2. The lowest BCUT2D eigenvalue weighted by Crippen LogP contribution is -2.23. The molecule has 0 aliphatic carbocycles. The van der Waals surface area contributed by atoms with E-state index in [-0.39, 0.29) is 12.5 Å². The van der Waals surface area contributed by atoms with Crippen molar-refractivity contribution in [3.8, 4) is 29.0 Å². The highest BCUT2D eigenvalue weighted by Crippen LogP contribution is 2.24. The Morgan fingerprint density at radius 1 is 0.919 bits per heavy atom. The fraction of sp³-hybridized carbons (Fsp3) is 0.138. The Labute approximate surface area is 215 Å². The minimum absolute atomic E-state index is 0.213. The quantitative estimate of drug-likeness (QED) is 0.357. The van der Waals surface area contributed by atoms with Gasteiger partial charge in [-0.25, -0.2) is 15.0 Å². The molecule has 0 aliphatic rings. The fourth-order valence-corrected chi connectivity index (χ4v) is 3.36. The van der Waals surface area contributed by atoms with Crippen molar-refractivity contribution in [2.24, 2.45) is 0 Å². The van der Waals surface area contributed by atoms with Gasteiger partial charge in [-0.05, 0) is 60.9 Å². The number of nitrogens with one attached hydrogen (secondary N) is 2. The van der Waals surface area contributed by atoms with Crippen molar-refractivity contribution in [3.63, 3.8) is 0 Å². The molecule has 2 aromatic heterocycles. The van der Waals surface area contributed by atoms with E-state index in [2.05, 4.69) is 37.4 Å². The van der Waals surface area contributed by atoms with Crippen LogP contribution in [0.4, 0.5) is 5.69 Å². The summed E-state index contributed by atoms with van der Waals surface area (Å²) in [6.45, 7) is 2.76. The fourth-order valence-electron chi connectivity index (χ4n) is 3.36. The molecule has 2 heterocycles. The normalized spacial score (nSPS) is 10.1. The Morgan fingerprint density at radius 3 is 2.43 bits per heavy atom. The lowest BCUT2D eigenvalue weighted by atomic mass is 10.1. The molecule has 184 valence electrons. The molecule has 2 amide bonds. The summed E-state index contributed by atoms with van der Waals surface area (Å²) in [5.41, 5.74) is 3.10. The second kappa shape index (κ2) is 12.6. The van der Waals surface area contributed by atoms with Crippen LogP contribution in [0.5, 0.6) is 5.75 Å². The number of hydrogen-bond acceptors (Lipinski definition) is 6. The van der Waals surface area contributed by atoms with Gasteiger partial charge in [0.1, 0.15) is 11.4 Å². The molecule has 8 nitrogen and oxygen atoms in total. The number of ether oxygens (including phenoxy) is 1. The molecule has 0 spiro atoms. The van der Waals surface area contributed by atoms with Crippen LogP contribution < -0.4 is 15.4 Å². The topological polar surface area (TPSA) is 106 Å². The minimum atomic E-state index is -0.467. The van der Waals surface area contributed by atoms with Gasteiger partial charge in [0, 0.05) is 53.4 Å². The third-order valence-corrected chi connectivity index (χ3v) is 5.16. The number of rotatable bonds is 8. The highest BCUT2D eigenvalue weighted by molar-refractivity contribution is 6.04.